The first-order valence-electron chi connectivity index (χ1n) is 6.61. The number of aromatic nitrogens is 3. The summed E-state index contributed by atoms with van der Waals surface area (Å²) < 4.78 is 2.31. The van der Waals surface area contributed by atoms with Crippen LogP contribution in [-0.2, 0) is 17.8 Å². The Labute approximate surface area is 112 Å². The van der Waals surface area contributed by atoms with Crippen molar-refractivity contribution in [1.29, 1.82) is 0 Å². The number of aryl methyl sites for hydroxylation is 1. The average Bonchev–Trinajstić information content (AvgIpc) is 2.60. The fourth-order valence-corrected chi connectivity index (χ4v) is 2.30. The van der Waals surface area contributed by atoms with E-state index in [4.69, 9.17) is 12.2 Å². The van der Waals surface area contributed by atoms with Crippen molar-refractivity contribution in [2.75, 3.05) is 6.54 Å². The Hall–Kier alpha value is -1.17. The lowest BCUT2D eigenvalue weighted by Crippen LogP contribution is -2.34. The summed E-state index contributed by atoms with van der Waals surface area (Å²) in [4.78, 5) is 11.8. The average molecular weight is 268 g/mol. The molecule has 1 aromatic rings. The van der Waals surface area contributed by atoms with Gasteiger partial charge < -0.3 is 5.32 Å². The molecule has 1 saturated carbocycles. The molecule has 0 aliphatic heterocycles. The third-order valence-corrected chi connectivity index (χ3v) is 3.74. The molecule has 2 N–H and O–H groups in total. The summed E-state index contributed by atoms with van der Waals surface area (Å²) in [6.45, 7) is 3.16. The molecule has 1 aliphatic rings. The zero-order valence-corrected chi connectivity index (χ0v) is 11.6. The van der Waals surface area contributed by atoms with E-state index >= 15 is 0 Å². The molecule has 1 fully saturated rings. The third kappa shape index (κ3) is 3.19. The van der Waals surface area contributed by atoms with E-state index < -0.39 is 0 Å². The molecule has 1 amide bonds. The quantitative estimate of drug-likeness (QED) is 0.773. The lowest BCUT2D eigenvalue weighted by Gasteiger charge is -2.25. The van der Waals surface area contributed by atoms with E-state index in [9.17, 15) is 4.79 Å². The van der Waals surface area contributed by atoms with Crippen molar-refractivity contribution in [2.24, 2.45) is 5.92 Å². The maximum atomic E-state index is 11.8. The van der Waals surface area contributed by atoms with E-state index in [1.165, 1.54) is 19.3 Å². The Kier molecular flexibility index (Phi) is 4.52. The number of carbonyl (C=O) groups is 1. The molecule has 0 atom stereocenters. The Bertz CT molecular complexity index is 461. The second kappa shape index (κ2) is 6.13. The van der Waals surface area contributed by atoms with Crippen LogP contribution in [0.1, 0.15) is 38.4 Å². The summed E-state index contributed by atoms with van der Waals surface area (Å²) in [6.07, 6.45) is 5.61. The van der Waals surface area contributed by atoms with Crippen molar-refractivity contribution in [3.8, 4) is 0 Å². The number of nitrogens with zero attached hydrogens (tertiary/aromatic N) is 2. The van der Waals surface area contributed by atoms with Gasteiger partial charge in [0.2, 0.25) is 5.91 Å². The number of nitrogens with one attached hydrogen (secondary N) is 2. The molecule has 1 heterocycles. The van der Waals surface area contributed by atoms with Gasteiger partial charge in [-0.05, 0) is 37.4 Å². The number of carbonyl (C=O) groups excluding carboxylic acids is 1. The first kappa shape index (κ1) is 13.3. The summed E-state index contributed by atoms with van der Waals surface area (Å²) in [7, 11) is 0. The van der Waals surface area contributed by atoms with Crippen molar-refractivity contribution >= 4 is 18.1 Å². The number of H-pyrrole nitrogens is 1. The molecular weight excluding hydrogens is 248 g/mol. The second-order valence-electron chi connectivity index (χ2n) is 4.88. The van der Waals surface area contributed by atoms with Crippen LogP contribution in [0.15, 0.2) is 0 Å². The van der Waals surface area contributed by atoms with E-state index in [-0.39, 0.29) is 12.5 Å². The van der Waals surface area contributed by atoms with Gasteiger partial charge in [-0.15, -0.1) is 0 Å². The van der Waals surface area contributed by atoms with Gasteiger partial charge in [0.15, 0.2) is 4.77 Å². The lowest BCUT2D eigenvalue weighted by atomic mass is 9.85. The summed E-state index contributed by atoms with van der Waals surface area (Å²) >= 11 is 5.14. The standard InChI is InChI=1S/C12H20N4OS/c1-2-4-10-14-15-12(18)16(10)8-11(17)13-7-9-5-3-6-9/h9H,2-8H2,1H3,(H,13,17)(H,15,18). The van der Waals surface area contributed by atoms with Crippen LogP contribution in [0.4, 0.5) is 0 Å². The van der Waals surface area contributed by atoms with Gasteiger partial charge in [-0.2, -0.15) is 5.10 Å². The van der Waals surface area contributed by atoms with Crippen LogP contribution in [-0.4, -0.2) is 27.2 Å². The molecule has 5 nitrogen and oxygen atoms in total. The molecule has 6 heteroatoms. The Balaban J connectivity index is 1.88. The zero-order valence-electron chi connectivity index (χ0n) is 10.7. The van der Waals surface area contributed by atoms with E-state index in [1.54, 1.807) is 4.57 Å². The Morgan fingerprint density at radius 3 is 3.00 bits per heavy atom. The van der Waals surface area contributed by atoms with Crippen LogP contribution in [0, 0.1) is 10.7 Å². The number of amides is 1. The molecule has 0 spiro atoms. The summed E-state index contributed by atoms with van der Waals surface area (Å²) in [6, 6.07) is 0. The van der Waals surface area contributed by atoms with E-state index in [1.807, 2.05) is 0 Å². The first-order valence-corrected chi connectivity index (χ1v) is 7.02. The molecular formula is C12H20N4OS. The minimum absolute atomic E-state index is 0.0248. The molecule has 0 saturated heterocycles. The second-order valence-corrected chi connectivity index (χ2v) is 5.27. The highest BCUT2D eigenvalue weighted by atomic mass is 32.1. The SMILES string of the molecule is CCCc1n[nH]c(=S)n1CC(=O)NCC1CCC1. The van der Waals surface area contributed by atoms with E-state index in [0.29, 0.717) is 10.7 Å². The summed E-state index contributed by atoms with van der Waals surface area (Å²) in [5.41, 5.74) is 0. The molecule has 18 heavy (non-hydrogen) atoms. The van der Waals surface area contributed by atoms with Crippen molar-refractivity contribution in [3.05, 3.63) is 10.6 Å². The number of hydrogen-bond acceptors (Lipinski definition) is 3. The lowest BCUT2D eigenvalue weighted by molar-refractivity contribution is -0.122. The monoisotopic (exact) mass is 268 g/mol. The highest BCUT2D eigenvalue weighted by molar-refractivity contribution is 7.71. The Morgan fingerprint density at radius 1 is 1.61 bits per heavy atom. The number of aromatic amines is 1. The first-order chi connectivity index (χ1) is 8.70. The predicted octanol–water partition coefficient (Wildman–Crippen LogP) is 1.81. The van der Waals surface area contributed by atoms with Crippen LogP contribution < -0.4 is 5.32 Å². The molecule has 1 aromatic heterocycles. The largest absolute Gasteiger partial charge is 0.354 e. The van der Waals surface area contributed by atoms with Gasteiger partial charge >= 0.3 is 0 Å². The van der Waals surface area contributed by atoms with Gasteiger partial charge in [0.05, 0.1) is 0 Å². The molecule has 0 radical (unpaired) electrons. The van der Waals surface area contributed by atoms with Crippen molar-refractivity contribution in [1.82, 2.24) is 20.1 Å². The zero-order chi connectivity index (χ0) is 13.0. The highest BCUT2D eigenvalue weighted by Crippen LogP contribution is 2.25. The van der Waals surface area contributed by atoms with E-state index in [0.717, 1.165) is 25.2 Å². The fourth-order valence-electron chi connectivity index (χ4n) is 2.08. The third-order valence-electron chi connectivity index (χ3n) is 3.43. The molecule has 0 aromatic carbocycles. The number of rotatable bonds is 6. The molecule has 100 valence electrons. The van der Waals surface area contributed by atoms with Gasteiger partial charge in [-0.3, -0.25) is 14.5 Å². The van der Waals surface area contributed by atoms with Crippen LogP contribution in [0.3, 0.4) is 0 Å². The van der Waals surface area contributed by atoms with Gasteiger partial charge in [0.25, 0.3) is 0 Å². The van der Waals surface area contributed by atoms with Crippen molar-refractivity contribution in [3.63, 3.8) is 0 Å². The maximum Gasteiger partial charge on any atom is 0.240 e. The highest BCUT2D eigenvalue weighted by Gasteiger charge is 2.18. The molecule has 0 unspecified atom stereocenters. The number of hydrogen-bond donors (Lipinski definition) is 2. The van der Waals surface area contributed by atoms with E-state index in [2.05, 4.69) is 22.4 Å². The van der Waals surface area contributed by atoms with Crippen molar-refractivity contribution in [2.45, 2.75) is 45.6 Å². The topological polar surface area (TPSA) is 62.7 Å². The minimum Gasteiger partial charge on any atom is -0.354 e. The van der Waals surface area contributed by atoms with Crippen LogP contribution in [0.25, 0.3) is 0 Å². The smallest absolute Gasteiger partial charge is 0.240 e. The van der Waals surface area contributed by atoms with Gasteiger partial charge in [-0.1, -0.05) is 13.3 Å². The summed E-state index contributed by atoms with van der Waals surface area (Å²) in [5.74, 6) is 1.57. The van der Waals surface area contributed by atoms with Gasteiger partial charge in [0.1, 0.15) is 12.4 Å². The van der Waals surface area contributed by atoms with Gasteiger partial charge in [-0.25, -0.2) is 0 Å². The summed E-state index contributed by atoms with van der Waals surface area (Å²) in [5, 5.41) is 9.87. The van der Waals surface area contributed by atoms with Crippen LogP contribution >= 0.6 is 12.2 Å². The normalized spacial score (nSPS) is 15.4. The van der Waals surface area contributed by atoms with Crippen LogP contribution in [0.2, 0.25) is 0 Å². The maximum absolute atomic E-state index is 11.8. The van der Waals surface area contributed by atoms with Crippen LogP contribution in [0.5, 0.6) is 0 Å². The van der Waals surface area contributed by atoms with Crippen molar-refractivity contribution < 1.29 is 4.79 Å². The minimum atomic E-state index is 0.0248. The predicted molar refractivity (Wildman–Crippen MR) is 71.8 cm³/mol. The molecule has 0 bridgehead atoms. The fraction of sp³-hybridized carbons (Fsp3) is 0.750. The van der Waals surface area contributed by atoms with Gasteiger partial charge in [0, 0.05) is 13.0 Å². The molecule has 2 rings (SSSR count). The Morgan fingerprint density at radius 2 is 2.39 bits per heavy atom. The molecule has 1 aliphatic carbocycles.